The molecule has 1 aliphatic rings. The van der Waals surface area contributed by atoms with Crippen LogP contribution in [0.5, 0.6) is 0 Å². The van der Waals surface area contributed by atoms with Crippen LogP contribution in [0.1, 0.15) is 23.9 Å². The molecule has 0 aliphatic carbocycles. The van der Waals surface area contributed by atoms with Gasteiger partial charge in [-0.2, -0.15) is 0 Å². The van der Waals surface area contributed by atoms with Crippen LogP contribution >= 0.6 is 0 Å². The van der Waals surface area contributed by atoms with Crippen molar-refractivity contribution >= 4 is 22.6 Å². The average molecular weight is 338 g/mol. The second kappa shape index (κ2) is 6.27. The van der Waals surface area contributed by atoms with E-state index in [2.05, 4.69) is 28.8 Å². The first-order valence-electron chi connectivity index (χ1n) is 8.63. The Hall–Kier alpha value is -2.76. The van der Waals surface area contributed by atoms with Crippen molar-refractivity contribution in [1.82, 2.24) is 14.9 Å². The predicted molar refractivity (Wildman–Crippen MR) is 96.7 cm³/mol. The number of hydrogen-bond donors (Lipinski definition) is 1. The third-order valence-electron chi connectivity index (χ3n) is 5.25. The van der Waals surface area contributed by atoms with Gasteiger partial charge in [0, 0.05) is 49.6 Å². The summed E-state index contributed by atoms with van der Waals surface area (Å²) in [6.07, 6.45) is 6.25. The van der Waals surface area contributed by atoms with Gasteiger partial charge in [0.2, 0.25) is 0 Å². The molecule has 4 heterocycles. The summed E-state index contributed by atoms with van der Waals surface area (Å²) in [4.78, 5) is 24.3. The molecule has 0 saturated carbocycles. The van der Waals surface area contributed by atoms with Gasteiger partial charge in [0.05, 0.1) is 6.26 Å². The van der Waals surface area contributed by atoms with E-state index in [4.69, 9.17) is 4.42 Å². The molecule has 1 N–H and O–H groups in total. The molecule has 6 nitrogen and oxygen atoms in total. The number of aromatic amines is 1. The Labute approximate surface area is 146 Å². The lowest BCUT2D eigenvalue weighted by Crippen LogP contribution is -2.52. The minimum atomic E-state index is -0.0307. The molecule has 3 aromatic heterocycles. The summed E-state index contributed by atoms with van der Waals surface area (Å²) < 4.78 is 5.29. The lowest BCUT2D eigenvalue weighted by atomic mass is 9.91. The highest BCUT2D eigenvalue weighted by Crippen LogP contribution is 2.30. The zero-order valence-electron chi connectivity index (χ0n) is 14.5. The van der Waals surface area contributed by atoms with Crippen LogP contribution in [0.3, 0.4) is 0 Å². The second-order valence-corrected chi connectivity index (χ2v) is 6.74. The summed E-state index contributed by atoms with van der Waals surface area (Å²) in [6.45, 7) is 3.71. The van der Waals surface area contributed by atoms with Crippen molar-refractivity contribution in [3.05, 3.63) is 48.7 Å². The number of anilines is 1. The Bertz CT molecular complexity index is 871. The quantitative estimate of drug-likeness (QED) is 0.797. The number of piperidine rings is 1. The fourth-order valence-electron chi connectivity index (χ4n) is 3.73. The molecule has 1 amide bonds. The van der Waals surface area contributed by atoms with Crippen molar-refractivity contribution in [3.8, 4) is 0 Å². The van der Waals surface area contributed by atoms with Gasteiger partial charge in [0.25, 0.3) is 5.91 Å². The molecule has 0 aromatic carbocycles. The number of likely N-dealkylation sites (N-methyl/N-ethyl adjacent to an activating group) is 1. The maximum absolute atomic E-state index is 12.6. The first-order valence-corrected chi connectivity index (χ1v) is 8.63. The van der Waals surface area contributed by atoms with Crippen LogP contribution in [0.15, 0.2) is 47.3 Å². The molecule has 0 spiro atoms. The standard InChI is InChI=1S/C19H22N4O2/c1-13-7-10-23(19(24)17-4-3-11-25-17)12-16(13)22(2)15-6-9-21-18-14(15)5-8-20-18/h3-6,8-9,11,13,16H,7,10,12H2,1-2H3,(H,20,21)/t13-,16?/m1/s1. The van der Waals surface area contributed by atoms with Crippen molar-refractivity contribution in [2.45, 2.75) is 19.4 Å². The monoisotopic (exact) mass is 338 g/mol. The maximum Gasteiger partial charge on any atom is 0.289 e. The Balaban J connectivity index is 1.59. The first-order chi connectivity index (χ1) is 12.1. The third kappa shape index (κ3) is 2.77. The molecule has 1 unspecified atom stereocenters. The van der Waals surface area contributed by atoms with Crippen LogP contribution in [0.2, 0.25) is 0 Å². The summed E-state index contributed by atoms with van der Waals surface area (Å²) in [5, 5.41) is 1.10. The summed E-state index contributed by atoms with van der Waals surface area (Å²) in [6, 6.07) is 7.81. The number of aromatic nitrogens is 2. The Morgan fingerprint density at radius 3 is 3.08 bits per heavy atom. The molecule has 4 rings (SSSR count). The molecule has 3 aromatic rings. The SMILES string of the molecule is C[C@@H]1CCN(C(=O)c2ccco2)CC1N(C)c1ccnc2[nH]ccc12. The molecule has 2 atom stereocenters. The highest BCUT2D eigenvalue weighted by molar-refractivity contribution is 5.92. The number of hydrogen-bond acceptors (Lipinski definition) is 4. The zero-order chi connectivity index (χ0) is 17.4. The van der Waals surface area contributed by atoms with E-state index in [1.807, 2.05) is 29.4 Å². The number of carbonyl (C=O) groups is 1. The van der Waals surface area contributed by atoms with Gasteiger partial charge < -0.3 is 19.2 Å². The Kier molecular flexibility index (Phi) is 3.95. The fourth-order valence-corrected chi connectivity index (χ4v) is 3.73. The molecule has 130 valence electrons. The fraction of sp³-hybridized carbons (Fsp3) is 0.368. The van der Waals surface area contributed by atoms with Gasteiger partial charge in [-0.05, 0) is 36.6 Å². The molecule has 0 bridgehead atoms. The molecule has 1 aliphatic heterocycles. The van der Waals surface area contributed by atoms with E-state index < -0.39 is 0 Å². The minimum absolute atomic E-state index is 0.0307. The molecule has 1 saturated heterocycles. The predicted octanol–water partition coefficient (Wildman–Crippen LogP) is 3.14. The maximum atomic E-state index is 12.6. The van der Waals surface area contributed by atoms with Crippen LogP contribution in [0.4, 0.5) is 5.69 Å². The number of nitrogens with zero attached hydrogens (tertiary/aromatic N) is 3. The van der Waals surface area contributed by atoms with Gasteiger partial charge in [0.15, 0.2) is 5.76 Å². The molecule has 25 heavy (non-hydrogen) atoms. The van der Waals surface area contributed by atoms with E-state index in [1.54, 1.807) is 18.4 Å². The molecule has 0 radical (unpaired) electrons. The van der Waals surface area contributed by atoms with E-state index in [0.29, 0.717) is 18.2 Å². The van der Waals surface area contributed by atoms with Crippen molar-refractivity contribution in [2.75, 3.05) is 25.0 Å². The van der Waals surface area contributed by atoms with Gasteiger partial charge in [-0.15, -0.1) is 0 Å². The Morgan fingerprint density at radius 1 is 1.40 bits per heavy atom. The number of amides is 1. The van der Waals surface area contributed by atoms with Crippen molar-refractivity contribution < 1.29 is 9.21 Å². The molecular weight excluding hydrogens is 316 g/mol. The van der Waals surface area contributed by atoms with E-state index in [1.165, 1.54) is 0 Å². The highest BCUT2D eigenvalue weighted by atomic mass is 16.3. The number of carbonyl (C=O) groups excluding carboxylic acids is 1. The normalized spacial score (nSPS) is 20.8. The topological polar surface area (TPSA) is 65.4 Å². The van der Waals surface area contributed by atoms with Crippen molar-refractivity contribution in [3.63, 3.8) is 0 Å². The van der Waals surface area contributed by atoms with Gasteiger partial charge in [0.1, 0.15) is 5.65 Å². The molecule has 6 heteroatoms. The summed E-state index contributed by atoms with van der Waals surface area (Å²) in [5.41, 5.74) is 2.02. The van der Waals surface area contributed by atoms with Gasteiger partial charge in [-0.3, -0.25) is 4.79 Å². The first kappa shape index (κ1) is 15.7. The van der Waals surface area contributed by atoms with E-state index in [-0.39, 0.29) is 11.9 Å². The van der Waals surface area contributed by atoms with Gasteiger partial charge in [-0.1, -0.05) is 6.92 Å². The number of H-pyrrole nitrogens is 1. The van der Waals surface area contributed by atoms with Crippen LogP contribution < -0.4 is 4.90 Å². The highest BCUT2D eigenvalue weighted by Gasteiger charge is 2.33. The van der Waals surface area contributed by atoms with Crippen molar-refractivity contribution in [2.24, 2.45) is 5.92 Å². The lowest BCUT2D eigenvalue weighted by Gasteiger charge is -2.42. The minimum Gasteiger partial charge on any atom is -0.459 e. The number of nitrogens with one attached hydrogen (secondary N) is 1. The van der Waals surface area contributed by atoms with Crippen LogP contribution in [0, 0.1) is 5.92 Å². The van der Waals surface area contributed by atoms with Crippen LogP contribution in [-0.4, -0.2) is 47.0 Å². The van der Waals surface area contributed by atoms with Gasteiger partial charge in [-0.25, -0.2) is 4.98 Å². The van der Waals surface area contributed by atoms with Crippen LogP contribution in [0.25, 0.3) is 11.0 Å². The van der Waals surface area contributed by atoms with E-state index in [0.717, 1.165) is 29.7 Å². The summed E-state index contributed by atoms with van der Waals surface area (Å²) in [5.74, 6) is 0.873. The van der Waals surface area contributed by atoms with Crippen molar-refractivity contribution in [1.29, 1.82) is 0 Å². The molecular formula is C19H22N4O2. The zero-order valence-corrected chi connectivity index (χ0v) is 14.5. The smallest absolute Gasteiger partial charge is 0.289 e. The largest absolute Gasteiger partial charge is 0.459 e. The van der Waals surface area contributed by atoms with Crippen LogP contribution in [-0.2, 0) is 0 Å². The number of pyridine rings is 1. The average Bonchev–Trinajstić information content (AvgIpc) is 3.32. The Morgan fingerprint density at radius 2 is 2.28 bits per heavy atom. The summed E-state index contributed by atoms with van der Waals surface area (Å²) in [7, 11) is 2.10. The lowest BCUT2D eigenvalue weighted by molar-refractivity contribution is 0.0638. The van der Waals surface area contributed by atoms with Gasteiger partial charge >= 0.3 is 0 Å². The molecule has 1 fully saturated rings. The van der Waals surface area contributed by atoms with E-state index in [9.17, 15) is 4.79 Å². The number of likely N-dealkylation sites (tertiary alicyclic amines) is 1. The third-order valence-corrected chi connectivity index (χ3v) is 5.25. The second-order valence-electron chi connectivity index (χ2n) is 6.74. The summed E-state index contributed by atoms with van der Waals surface area (Å²) >= 11 is 0. The number of fused-ring (bicyclic) bond motifs is 1. The number of rotatable bonds is 3. The number of furan rings is 1. The van der Waals surface area contributed by atoms with E-state index >= 15 is 0 Å².